The van der Waals surface area contributed by atoms with Gasteiger partial charge in [0.15, 0.2) is 6.23 Å². The van der Waals surface area contributed by atoms with Gasteiger partial charge < -0.3 is 14.5 Å². The van der Waals surface area contributed by atoms with Crippen LogP contribution in [0.3, 0.4) is 0 Å². The largest absolute Gasteiger partial charge is 0.371 e. The second-order valence-electron chi connectivity index (χ2n) is 5.11. The number of urea groups is 1. The molecule has 2 amide bonds. The summed E-state index contributed by atoms with van der Waals surface area (Å²) in [6.45, 7) is 5.82. The third kappa shape index (κ3) is 1.92. The average Bonchev–Trinajstić information content (AvgIpc) is 3.10. The molecule has 0 aromatic carbocycles. The highest BCUT2D eigenvalue weighted by atomic mass is 16.5. The molecule has 1 aromatic heterocycles. The fraction of sp³-hybridized carbons (Fsp3) is 0.538. The first-order valence-corrected chi connectivity index (χ1v) is 6.49. The Labute approximate surface area is 111 Å². The highest BCUT2D eigenvalue weighted by Crippen LogP contribution is 2.41. The lowest BCUT2D eigenvalue weighted by Crippen LogP contribution is -2.35. The van der Waals surface area contributed by atoms with Gasteiger partial charge in [-0.15, -0.1) is 6.58 Å². The van der Waals surface area contributed by atoms with Crippen molar-refractivity contribution in [3.05, 3.63) is 24.4 Å². The number of aliphatic hydroxyl groups excluding tert-OH is 1. The van der Waals surface area contributed by atoms with Crippen LogP contribution in [0.5, 0.6) is 0 Å². The normalized spacial score (nSPS) is 27.2. The predicted molar refractivity (Wildman–Crippen MR) is 68.7 cm³/mol. The molecule has 1 aromatic rings. The zero-order valence-electron chi connectivity index (χ0n) is 10.8. The molecule has 0 radical (unpaired) electrons. The van der Waals surface area contributed by atoms with Gasteiger partial charge in [0, 0.05) is 18.5 Å². The van der Waals surface area contributed by atoms with Crippen LogP contribution in [0.4, 0.5) is 10.7 Å². The van der Waals surface area contributed by atoms with Gasteiger partial charge in [-0.05, 0) is 19.8 Å². The molecule has 0 bridgehead atoms. The van der Waals surface area contributed by atoms with E-state index in [0.717, 1.165) is 18.5 Å². The lowest BCUT2D eigenvalue weighted by molar-refractivity contribution is 0.130. The van der Waals surface area contributed by atoms with Crippen molar-refractivity contribution in [2.45, 2.75) is 38.0 Å². The third-order valence-electron chi connectivity index (χ3n) is 3.71. The molecule has 2 atom stereocenters. The first-order chi connectivity index (χ1) is 9.13. The van der Waals surface area contributed by atoms with Crippen molar-refractivity contribution in [1.82, 2.24) is 10.1 Å². The lowest BCUT2D eigenvalue weighted by atomic mass is 10.2. The highest BCUT2D eigenvalue weighted by molar-refractivity contribution is 5.93. The van der Waals surface area contributed by atoms with Crippen LogP contribution in [0.15, 0.2) is 23.2 Å². The monoisotopic (exact) mass is 263 g/mol. The van der Waals surface area contributed by atoms with Gasteiger partial charge in [-0.2, -0.15) is 0 Å². The van der Waals surface area contributed by atoms with Crippen molar-refractivity contribution in [1.29, 1.82) is 0 Å². The van der Waals surface area contributed by atoms with E-state index < -0.39 is 6.23 Å². The molecule has 2 fully saturated rings. The number of amides is 2. The van der Waals surface area contributed by atoms with E-state index in [2.05, 4.69) is 11.7 Å². The van der Waals surface area contributed by atoms with Crippen LogP contribution in [0.1, 0.15) is 31.4 Å². The van der Waals surface area contributed by atoms with Gasteiger partial charge in [-0.25, -0.2) is 9.69 Å². The average molecular weight is 263 g/mol. The molecule has 1 saturated heterocycles. The molecule has 1 aliphatic carbocycles. The van der Waals surface area contributed by atoms with Crippen LogP contribution in [0, 0.1) is 0 Å². The summed E-state index contributed by atoms with van der Waals surface area (Å²) in [5.74, 6) is 0.770. The standard InChI is InChI=1S/C13H17N3O3/c1-3-6-15-8(2)12(17)16(13(15)18)11-7-10(14-19-11)9-4-5-9/h3,7-9,12,17H,1,4-6H2,2H3. The maximum atomic E-state index is 12.3. The van der Waals surface area contributed by atoms with Crippen molar-refractivity contribution < 1.29 is 14.4 Å². The molecular formula is C13H17N3O3. The Morgan fingerprint density at radius 2 is 2.37 bits per heavy atom. The number of carbonyl (C=O) groups excluding carboxylic acids is 1. The SMILES string of the molecule is C=CCN1C(=O)N(c2cc(C3CC3)no2)C(O)C1C. The summed E-state index contributed by atoms with van der Waals surface area (Å²) in [4.78, 5) is 15.1. The first kappa shape index (κ1) is 12.2. The van der Waals surface area contributed by atoms with Crippen LogP contribution >= 0.6 is 0 Å². The molecule has 2 aliphatic rings. The van der Waals surface area contributed by atoms with E-state index >= 15 is 0 Å². The molecule has 1 N–H and O–H groups in total. The van der Waals surface area contributed by atoms with E-state index in [4.69, 9.17) is 4.52 Å². The van der Waals surface area contributed by atoms with Crippen LogP contribution in [-0.2, 0) is 0 Å². The number of carbonyl (C=O) groups is 1. The fourth-order valence-electron chi connectivity index (χ4n) is 2.37. The lowest BCUT2D eigenvalue weighted by Gasteiger charge is -2.17. The Bertz CT molecular complexity index is 509. The smallest absolute Gasteiger partial charge is 0.329 e. The van der Waals surface area contributed by atoms with E-state index in [1.807, 2.05) is 0 Å². The van der Waals surface area contributed by atoms with Crippen molar-refractivity contribution in [3.63, 3.8) is 0 Å². The second kappa shape index (κ2) is 4.38. The minimum absolute atomic E-state index is 0.279. The van der Waals surface area contributed by atoms with Crippen molar-refractivity contribution in [2.75, 3.05) is 11.4 Å². The van der Waals surface area contributed by atoms with E-state index in [-0.39, 0.29) is 12.1 Å². The number of hydrogen-bond acceptors (Lipinski definition) is 4. The van der Waals surface area contributed by atoms with Crippen LogP contribution in [0.2, 0.25) is 0 Å². The number of aliphatic hydroxyl groups is 1. The van der Waals surface area contributed by atoms with Gasteiger partial charge in [0.2, 0.25) is 5.88 Å². The summed E-state index contributed by atoms with van der Waals surface area (Å²) in [5.41, 5.74) is 0.866. The molecule has 1 saturated carbocycles. The molecule has 0 spiro atoms. The summed E-state index contributed by atoms with van der Waals surface area (Å²) in [5, 5.41) is 14.2. The summed E-state index contributed by atoms with van der Waals surface area (Å²) >= 11 is 0. The van der Waals surface area contributed by atoms with Crippen molar-refractivity contribution in [2.24, 2.45) is 0 Å². The van der Waals surface area contributed by atoms with E-state index in [9.17, 15) is 9.90 Å². The van der Waals surface area contributed by atoms with Gasteiger partial charge >= 0.3 is 6.03 Å². The number of hydrogen-bond donors (Lipinski definition) is 1. The maximum Gasteiger partial charge on any atom is 0.329 e. The van der Waals surface area contributed by atoms with E-state index in [1.165, 1.54) is 4.90 Å². The van der Waals surface area contributed by atoms with Gasteiger partial charge in [0.25, 0.3) is 0 Å². The quantitative estimate of drug-likeness (QED) is 0.839. The molecule has 19 heavy (non-hydrogen) atoms. The predicted octanol–water partition coefficient (Wildman–Crippen LogP) is 1.69. The minimum atomic E-state index is -0.924. The van der Waals surface area contributed by atoms with Crippen molar-refractivity contribution >= 4 is 11.9 Å². The van der Waals surface area contributed by atoms with E-state index in [1.54, 1.807) is 24.0 Å². The zero-order chi connectivity index (χ0) is 13.6. The van der Waals surface area contributed by atoms with Crippen LogP contribution in [0.25, 0.3) is 0 Å². The molecule has 1 aliphatic heterocycles. The molecule has 6 heteroatoms. The molecule has 3 rings (SSSR count). The Kier molecular flexibility index (Phi) is 2.82. The Balaban J connectivity index is 1.86. The summed E-state index contributed by atoms with van der Waals surface area (Å²) in [6, 6.07) is 1.17. The Morgan fingerprint density at radius 3 is 3.00 bits per heavy atom. The maximum absolute atomic E-state index is 12.3. The number of aromatic nitrogens is 1. The number of anilines is 1. The highest BCUT2D eigenvalue weighted by Gasteiger charge is 2.44. The number of rotatable bonds is 4. The van der Waals surface area contributed by atoms with Crippen molar-refractivity contribution in [3.8, 4) is 0 Å². The Hall–Kier alpha value is -1.82. The van der Waals surface area contributed by atoms with Crippen LogP contribution in [-0.4, -0.2) is 40.0 Å². The summed E-state index contributed by atoms with van der Waals surface area (Å²) in [6.07, 6.45) is 2.94. The van der Waals surface area contributed by atoms with Gasteiger partial charge in [-0.3, -0.25) is 0 Å². The molecule has 2 heterocycles. The van der Waals surface area contributed by atoms with Crippen LogP contribution < -0.4 is 4.90 Å². The summed E-state index contributed by atoms with van der Waals surface area (Å²) < 4.78 is 5.21. The minimum Gasteiger partial charge on any atom is -0.371 e. The topological polar surface area (TPSA) is 69.8 Å². The summed E-state index contributed by atoms with van der Waals surface area (Å²) in [7, 11) is 0. The molecule has 102 valence electrons. The molecular weight excluding hydrogens is 246 g/mol. The van der Waals surface area contributed by atoms with Gasteiger partial charge in [0.1, 0.15) is 0 Å². The third-order valence-corrected chi connectivity index (χ3v) is 3.71. The molecule has 6 nitrogen and oxygen atoms in total. The second-order valence-corrected chi connectivity index (χ2v) is 5.11. The number of nitrogens with zero attached hydrogens (tertiary/aromatic N) is 3. The molecule has 2 unspecified atom stereocenters. The van der Waals surface area contributed by atoms with E-state index in [0.29, 0.717) is 18.3 Å². The Morgan fingerprint density at radius 1 is 1.63 bits per heavy atom. The van der Waals surface area contributed by atoms with Gasteiger partial charge in [0.05, 0.1) is 11.7 Å². The van der Waals surface area contributed by atoms with Gasteiger partial charge in [-0.1, -0.05) is 11.2 Å². The fourth-order valence-corrected chi connectivity index (χ4v) is 2.37. The zero-order valence-corrected chi connectivity index (χ0v) is 10.8. The first-order valence-electron chi connectivity index (χ1n) is 6.49.